The van der Waals surface area contributed by atoms with Crippen molar-refractivity contribution >= 4 is 20.8 Å². The Morgan fingerprint density at radius 3 is 2.48 bits per heavy atom. The Bertz CT molecular complexity index is 574. The molecule has 117 valence electrons. The first-order valence-corrected chi connectivity index (χ1v) is 8.07. The Labute approximate surface area is 143 Å². The summed E-state index contributed by atoms with van der Waals surface area (Å²) in [6.07, 6.45) is 11.2. The highest BCUT2D eigenvalue weighted by atomic mass is 15.4. The van der Waals surface area contributed by atoms with Gasteiger partial charge in [0, 0.05) is 7.74 Å². The Morgan fingerprint density at radius 2 is 1.96 bits per heavy atom. The van der Waals surface area contributed by atoms with Gasteiger partial charge in [0.1, 0.15) is 0 Å². The van der Waals surface area contributed by atoms with E-state index in [0.717, 1.165) is 17.7 Å². The van der Waals surface area contributed by atoms with Crippen LogP contribution in [0, 0.1) is 0 Å². The van der Waals surface area contributed by atoms with Crippen LogP contribution in [-0.2, 0) is 0 Å². The van der Waals surface area contributed by atoms with Crippen molar-refractivity contribution in [2.24, 2.45) is 5.10 Å². The molecule has 0 aliphatic carbocycles. The maximum atomic E-state index is 5.86. The summed E-state index contributed by atoms with van der Waals surface area (Å²) in [5.74, 6) is 0. The minimum absolute atomic E-state index is 0.103. The Kier molecular flexibility index (Phi) is 8.89. The highest BCUT2D eigenvalue weighted by Crippen LogP contribution is 2.17. The van der Waals surface area contributed by atoms with Crippen molar-refractivity contribution in [3.63, 3.8) is 0 Å². The lowest BCUT2D eigenvalue weighted by Crippen LogP contribution is -2.36. The van der Waals surface area contributed by atoms with E-state index in [1.54, 1.807) is 7.31 Å². The van der Waals surface area contributed by atoms with Crippen LogP contribution in [0.25, 0.3) is 0 Å². The normalized spacial score (nSPS) is 14.4. The molecule has 0 aliphatic rings. The molecule has 23 heavy (non-hydrogen) atoms. The molecule has 0 aromatic heterocycles. The lowest BCUT2D eigenvalue weighted by molar-refractivity contribution is 0.386. The third-order valence-corrected chi connectivity index (χ3v) is 3.54. The summed E-state index contributed by atoms with van der Waals surface area (Å²) in [5.41, 5.74) is 3.22. The zero-order chi connectivity index (χ0) is 17.1. The smallest absolute Gasteiger partial charge is 0.212 e. The van der Waals surface area contributed by atoms with Crippen molar-refractivity contribution in [1.82, 2.24) is 4.92 Å². The van der Waals surface area contributed by atoms with Gasteiger partial charge in [-0.2, -0.15) is 5.10 Å². The Morgan fingerprint density at radius 1 is 1.26 bits per heavy atom. The number of hydrogen-bond donors (Lipinski definition) is 0. The molecule has 3 radical (unpaired) electrons. The van der Waals surface area contributed by atoms with Crippen LogP contribution in [0.1, 0.15) is 39.7 Å². The molecule has 0 fully saturated rings. The van der Waals surface area contributed by atoms with Crippen LogP contribution in [0.4, 0.5) is 0 Å². The number of hydrogen-bond acceptors (Lipinski definition) is 2. The molecule has 0 amide bonds. The van der Waals surface area contributed by atoms with Crippen molar-refractivity contribution in [2.45, 2.75) is 40.2 Å². The molecule has 0 heterocycles. The number of allylic oxidation sites excluding steroid dienone is 4. The molecule has 1 aromatic rings. The average molecular weight is 303 g/mol. The summed E-state index contributed by atoms with van der Waals surface area (Å²) in [5, 5.41) is 4.72. The van der Waals surface area contributed by atoms with Crippen molar-refractivity contribution in [1.29, 1.82) is 0 Å². The molecule has 1 rings (SSSR count). The SMILES string of the molecule is [B][B]N(/N=C(\C)c1ccccc1)C(CC)C(/C=C\C)=C/C=C\C. The molecule has 0 saturated heterocycles. The fraction of sp³-hybridized carbons (Fsp3) is 0.316. The monoisotopic (exact) mass is 303 g/mol. The molecule has 1 unspecified atom stereocenters. The van der Waals surface area contributed by atoms with Crippen LogP contribution in [0.2, 0.25) is 0 Å². The summed E-state index contributed by atoms with van der Waals surface area (Å²) in [7, 11) is 7.41. The summed E-state index contributed by atoms with van der Waals surface area (Å²) in [6.45, 7) is 8.17. The van der Waals surface area contributed by atoms with Crippen LogP contribution in [0.15, 0.2) is 71.4 Å². The molecule has 0 spiro atoms. The van der Waals surface area contributed by atoms with Crippen LogP contribution in [-0.4, -0.2) is 31.7 Å². The third kappa shape index (κ3) is 5.97. The van der Waals surface area contributed by atoms with E-state index >= 15 is 0 Å². The number of rotatable bonds is 8. The van der Waals surface area contributed by atoms with Crippen molar-refractivity contribution in [3.05, 3.63) is 71.8 Å². The van der Waals surface area contributed by atoms with Gasteiger partial charge >= 0.3 is 0 Å². The molecule has 0 aliphatic heterocycles. The second-order valence-electron chi connectivity index (χ2n) is 5.20. The Hall–Kier alpha value is -1.96. The second kappa shape index (κ2) is 10.7. The molecule has 0 saturated carbocycles. The van der Waals surface area contributed by atoms with Crippen molar-refractivity contribution in [3.8, 4) is 0 Å². The van der Waals surface area contributed by atoms with E-state index in [2.05, 4.69) is 31.2 Å². The van der Waals surface area contributed by atoms with E-state index in [-0.39, 0.29) is 6.04 Å². The van der Waals surface area contributed by atoms with E-state index in [4.69, 9.17) is 12.8 Å². The van der Waals surface area contributed by atoms with Crippen LogP contribution in [0.3, 0.4) is 0 Å². The average Bonchev–Trinajstić information content (AvgIpc) is 2.59. The summed E-state index contributed by atoms with van der Waals surface area (Å²) >= 11 is 0. The van der Waals surface area contributed by atoms with Gasteiger partial charge in [0.15, 0.2) is 0 Å². The van der Waals surface area contributed by atoms with E-state index in [0.29, 0.717) is 0 Å². The predicted molar refractivity (Wildman–Crippen MR) is 104 cm³/mol. The molecule has 0 N–H and O–H groups in total. The molecular formula is C19H25B2N2. The zero-order valence-corrected chi connectivity index (χ0v) is 14.6. The fourth-order valence-corrected chi connectivity index (χ4v) is 2.37. The van der Waals surface area contributed by atoms with Gasteiger partial charge in [0.2, 0.25) is 7.31 Å². The Balaban J connectivity index is 3.13. The van der Waals surface area contributed by atoms with E-state index in [9.17, 15) is 0 Å². The van der Waals surface area contributed by atoms with Crippen LogP contribution >= 0.6 is 0 Å². The lowest BCUT2D eigenvalue weighted by atomic mass is 9.65. The molecule has 4 heteroatoms. The van der Waals surface area contributed by atoms with Crippen LogP contribution < -0.4 is 0 Å². The first kappa shape index (κ1) is 19.1. The second-order valence-corrected chi connectivity index (χ2v) is 5.20. The maximum Gasteiger partial charge on any atom is 0.212 e. The number of benzene rings is 1. The highest BCUT2D eigenvalue weighted by Gasteiger charge is 2.16. The van der Waals surface area contributed by atoms with Crippen molar-refractivity contribution in [2.75, 3.05) is 0 Å². The maximum absolute atomic E-state index is 5.86. The standard InChI is InChI=1S/C19H25B2N2/c1-5-8-13-18(12-6-2)19(7-3)23(21-20)22-16(4)17-14-10-9-11-15-17/h5-6,8-15,19H,7H2,1-4H3/b8-5-,12-6-,18-13+,22-16+. The molecule has 0 bridgehead atoms. The minimum Gasteiger partial charge on any atom is -0.350 e. The first-order valence-electron chi connectivity index (χ1n) is 8.07. The van der Waals surface area contributed by atoms with Gasteiger partial charge in [0.05, 0.1) is 11.8 Å². The van der Waals surface area contributed by atoms with E-state index < -0.39 is 0 Å². The van der Waals surface area contributed by atoms with Gasteiger partial charge < -0.3 is 4.92 Å². The summed E-state index contributed by atoms with van der Waals surface area (Å²) in [4.78, 5) is 1.84. The van der Waals surface area contributed by atoms with Gasteiger partial charge in [-0.3, -0.25) is 0 Å². The summed E-state index contributed by atoms with van der Waals surface area (Å²) in [6, 6.07) is 10.2. The molecular weight excluding hydrogens is 278 g/mol. The molecule has 1 aromatic carbocycles. The highest BCUT2D eigenvalue weighted by molar-refractivity contribution is 6.87. The van der Waals surface area contributed by atoms with Gasteiger partial charge in [-0.25, -0.2) is 0 Å². The van der Waals surface area contributed by atoms with Gasteiger partial charge in [-0.05, 0) is 38.3 Å². The van der Waals surface area contributed by atoms with E-state index in [1.165, 1.54) is 5.57 Å². The third-order valence-electron chi connectivity index (χ3n) is 3.54. The first-order chi connectivity index (χ1) is 11.2. The topological polar surface area (TPSA) is 15.6 Å². The quantitative estimate of drug-likeness (QED) is 0.303. The van der Waals surface area contributed by atoms with Crippen molar-refractivity contribution < 1.29 is 0 Å². The minimum atomic E-state index is 0.103. The fourth-order valence-electron chi connectivity index (χ4n) is 2.37. The zero-order valence-electron chi connectivity index (χ0n) is 14.6. The summed E-state index contributed by atoms with van der Waals surface area (Å²) < 4.78 is 0. The molecule has 1 atom stereocenters. The number of nitrogens with zero attached hydrogens (tertiary/aromatic N) is 2. The van der Waals surface area contributed by atoms with Gasteiger partial charge in [-0.1, -0.05) is 67.6 Å². The predicted octanol–water partition coefficient (Wildman–Crippen LogP) is 4.27. The van der Waals surface area contributed by atoms with Gasteiger partial charge in [-0.15, -0.1) is 0 Å². The lowest BCUT2D eigenvalue weighted by Gasteiger charge is -2.30. The van der Waals surface area contributed by atoms with Gasteiger partial charge in [0.25, 0.3) is 0 Å². The largest absolute Gasteiger partial charge is 0.350 e. The van der Waals surface area contributed by atoms with E-state index in [1.807, 2.05) is 62.1 Å². The number of hydrazone groups is 1. The molecule has 2 nitrogen and oxygen atoms in total. The van der Waals surface area contributed by atoms with Crippen LogP contribution in [0.5, 0.6) is 0 Å².